The fraction of sp³-hybridized carbons (Fsp3) is 0.233. The number of carbonyl (C=O) groups is 1. The van der Waals surface area contributed by atoms with E-state index in [0.29, 0.717) is 43.9 Å². The summed E-state index contributed by atoms with van der Waals surface area (Å²) in [6, 6.07) is 18.7. The topological polar surface area (TPSA) is 78.3 Å². The van der Waals surface area contributed by atoms with Gasteiger partial charge in [-0.2, -0.15) is 4.98 Å². The quantitative estimate of drug-likeness (QED) is 0.152. The summed E-state index contributed by atoms with van der Waals surface area (Å²) in [7, 11) is 0. The smallest absolute Gasteiger partial charge is 0.338 e. The van der Waals surface area contributed by atoms with E-state index in [1.54, 1.807) is 42.8 Å². The van der Waals surface area contributed by atoms with E-state index in [1.165, 1.54) is 17.8 Å². The van der Waals surface area contributed by atoms with Crippen LogP contribution in [-0.4, -0.2) is 26.8 Å². The van der Waals surface area contributed by atoms with Gasteiger partial charge in [0, 0.05) is 22.0 Å². The first-order chi connectivity index (χ1) is 19.7. The molecular weight excluding hydrogens is 586 g/mol. The number of thioether (sulfide) groups is 1. The number of hydrogen-bond acceptors (Lipinski definition) is 7. The van der Waals surface area contributed by atoms with Crippen LogP contribution in [0, 0.1) is 5.82 Å². The number of ether oxygens (including phenoxy) is 2. The number of nitrogens with one attached hydrogen (secondary N) is 1. The SMILES string of the molecule is CC1=C(C(=O)OC(C)C)C(c2ccc(OCc3c(F)cccc3Cl)cc2)n2nc(SCc3ccccc3Cl)nc2N1. The highest BCUT2D eigenvalue weighted by Crippen LogP contribution is 2.38. The van der Waals surface area contributed by atoms with E-state index in [2.05, 4.69) is 10.3 Å². The van der Waals surface area contributed by atoms with Crippen molar-refractivity contribution in [3.63, 3.8) is 0 Å². The first kappa shape index (κ1) is 29.0. The van der Waals surface area contributed by atoms with E-state index in [1.807, 2.05) is 43.3 Å². The Balaban J connectivity index is 1.43. The highest BCUT2D eigenvalue weighted by molar-refractivity contribution is 7.98. The molecule has 1 aliphatic rings. The van der Waals surface area contributed by atoms with Crippen molar-refractivity contribution in [2.24, 2.45) is 0 Å². The van der Waals surface area contributed by atoms with Crippen LogP contribution in [0.2, 0.25) is 10.0 Å². The van der Waals surface area contributed by atoms with Crippen molar-refractivity contribution in [3.8, 4) is 5.75 Å². The summed E-state index contributed by atoms with van der Waals surface area (Å²) >= 11 is 13.9. The molecule has 41 heavy (non-hydrogen) atoms. The van der Waals surface area contributed by atoms with Gasteiger partial charge in [-0.3, -0.25) is 0 Å². The van der Waals surface area contributed by atoms with Crippen molar-refractivity contribution < 1.29 is 18.7 Å². The third-order valence-corrected chi connectivity index (χ3v) is 7.96. The van der Waals surface area contributed by atoms with Crippen molar-refractivity contribution in [3.05, 3.63) is 111 Å². The number of halogens is 3. The molecule has 4 aromatic rings. The van der Waals surface area contributed by atoms with E-state index in [0.717, 1.165) is 11.1 Å². The van der Waals surface area contributed by atoms with E-state index < -0.39 is 17.8 Å². The van der Waals surface area contributed by atoms with Gasteiger partial charge in [0.15, 0.2) is 0 Å². The molecule has 1 aromatic heterocycles. The lowest BCUT2D eigenvalue weighted by molar-refractivity contribution is -0.143. The molecule has 0 amide bonds. The molecule has 1 atom stereocenters. The van der Waals surface area contributed by atoms with Crippen LogP contribution in [0.4, 0.5) is 10.3 Å². The molecular formula is C30H27Cl2FN4O3S. The average Bonchev–Trinajstić information content (AvgIpc) is 3.34. The van der Waals surface area contributed by atoms with Gasteiger partial charge in [-0.15, -0.1) is 5.10 Å². The lowest BCUT2D eigenvalue weighted by Crippen LogP contribution is -2.30. The maximum absolute atomic E-state index is 14.2. The van der Waals surface area contributed by atoms with Crippen LogP contribution in [0.3, 0.4) is 0 Å². The number of esters is 1. The Morgan fingerprint density at radius 1 is 1.07 bits per heavy atom. The van der Waals surface area contributed by atoms with Crippen molar-refractivity contribution in [2.75, 3.05) is 5.32 Å². The van der Waals surface area contributed by atoms with Crippen LogP contribution >= 0.6 is 35.0 Å². The number of anilines is 1. The number of allylic oxidation sites excluding steroid dienone is 1. The first-order valence-corrected chi connectivity index (χ1v) is 14.6. The zero-order chi connectivity index (χ0) is 29.1. The third-order valence-electron chi connectivity index (χ3n) is 6.35. The minimum absolute atomic E-state index is 0.0254. The Kier molecular flexibility index (Phi) is 8.87. The van der Waals surface area contributed by atoms with Crippen LogP contribution in [0.15, 0.2) is 83.2 Å². The molecule has 0 saturated heterocycles. The molecule has 2 heterocycles. The van der Waals surface area contributed by atoms with Crippen molar-refractivity contribution in [1.82, 2.24) is 14.8 Å². The minimum atomic E-state index is -0.602. The summed E-state index contributed by atoms with van der Waals surface area (Å²) in [4.78, 5) is 18.0. The van der Waals surface area contributed by atoms with Crippen LogP contribution in [0.5, 0.6) is 5.75 Å². The van der Waals surface area contributed by atoms with Gasteiger partial charge in [0.2, 0.25) is 11.1 Å². The molecule has 0 fully saturated rings. The van der Waals surface area contributed by atoms with Gasteiger partial charge in [0.1, 0.15) is 24.2 Å². The Bertz CT molecular complexity index is 1590. The van der Waals surface area contributed by atoms with Crippen LogP contribution in [0.25, 0.3) is 0 Å². The number of benzene rings is 3. The van der Waals surface area contributed by atoms with Gasteiger partial charge < -0.3 is 14.8 Å². The number of carbonyl (C=O) groups excluding carboxylic acids is 1. The summed E-state index contributed by atoms with van der Waals surface area (Å²) in [5.41, 5.74) is 3.07. The maximum atomic E-state index is 14.2. The van der Waals surface area contributed by atoms with E-state index in [-0.39, 0.29) is 18.3 Å². The normalized spacial score (nSPS) is 14.6. The molecule has 1 N–H and O–H groups in total. The van der Waals surface area contributed by atoms with Crippen molar-refractivity contribution >= 4 is 46.9 Å². The number of nitrogens with zero attached hydrogens (tertiary/aromatic N) is 3. The van der Waals surface area contributed by atoms with Gasteiger partial charge in [0.05, 0.1) is 16.7 Å². The molecule has 0 radical (unpaired) electrons. The predicted octanol–water partition coefficient (Wildman–Crippen LogP) is 7.84. The largest absolute Gasteiger partial charge is 0.489 e. The Morgan fingerprint density at radius 3 is 2.51 bits per heavy atom. The van der Waals surface area contributed by atoms with E-state index in [4.69, 9.17) is 37.8 Å². The van der Waals surface area contributed by atoms with Gasteiger partial charge in [0.25, 0.3) is 0 Å². The molecule has 0 aliphatic carbocycles. The van der Waals surface area contributed by atoms with Crippen molar-refractivity contribution in [1.29, 1.82) is 0 Å². The third kappa shape index (κ3) is 6.53. The molecule has 5 rings (SSSR count). The lowest BCUT2D eigenvalue weighted by Gasteiger charge is -2.28. The molecule has 11 heteroatoms. The number of rotatable bonds is 9. The van der Waals surface area contributed by atoms with Crippen LogP contribution < -0.4 is 10.1 Å². The summed E-state index contributed by atoms with van der Waals surface area (Å²) in [6.45, 7) is 5.39. The highest BCUT2D eigenvalue weighted by Gasteiger charge is 2.35. The van der Waals surface area contributed by atoms with Crippen LogP contribution in [0.1, 0.15) is 43.5 Å². The van der Waals surface area contributed by atoms with Gasteiger partial charge in [-0.25, -0.2) is 13.9 Å². The summed E-state index contributed by atoms with van der Waals surface area (Å²) < 4.78 is 27.3. The lowest BCUT2D eigenvalue weighted by atomic mass is 9.95. The fourth-order valence-electron chi connectivity index (χ4n) is 4.37. The first-order valence-electron chi connectivity index (χ1n) is 12.9. The molecule has 1 aliphatic heterocycles. The Hall–Kier alpha value is -3.53. The van der Waals surface area contributed by atoms with Gasteiger partial charge in [-0.1, -0.05) is 71.4 Å². The number of aromatic nitrogens is 3. The maximum Gasteiger partial charge on any atom is 0.338 e. The minimum Gasteiger partial charge on any atom is -0.489 e. The monoisotopic (exact) mass is 612 g/mol. The molecule has 7 nitrogen and oxygen atoms in total. The molecule has 3 aromatic carbocycles. The second-order valence-corrected chi connectivity index (χ2v) is 11.4. The highest BCUT2D eigenvalue weighted by atomic mass is 35.5. The number of hydrogen-bond donors (Lipinski definition) is 1. The number of fused-ring (bicyclic) bond motifs is 1. The molecule has 212 valence electrons. The van der Waals surface area contributed by atoms with Crippen LogP contribution in [-0.2, 0) is 21.9 Å². The fourth-order valence-corrected chi connectivity index (χ4v) is 5.70. The molecule has 0 bridgehead atoms. The zero-order valence-electron chi connectivity index (χ0n) is 22.5. The Morgan fingerprint density at radius 2 is 1.80 bits per heavy atom. The van der Waals surface area contributed by atoms with Crippen molar-refractivity contribution in [2.45, 2.75) is 50.4 Å². The molecule has 0 saturated carbocycles. The average molecular weight is 614 g/mol. The summed E-state index contributed by atoms with van der Waals surface area (Å²) in [5.74, 6) is 0.727. The standard InChI is InChI=1S/C30H27Cl2FN4O3S/c1-17(2)40-28(38)26-18(3)34-29-35-30(41-16-20-7-4-5-8-23(20)31)36-37(29)27(26)19-11-13-21(14-12-19)39-15-22-24(32)9-6-10-25(22)33/h4-14,17,27H,15-16H2,1-3H3,(H,34,35,36). The second-order valence-electron chi connectivity index (χ2n) is 9.62. The predicted molar refractivity (Wildman–Crippen MR) is 159 cm³/mol. The Labute approximate surface area is 251 Å². The summed E-state index contributed by atoms with van der Waals surface area (Å²) in [5, 5.41) is 9.47. The second kappa shape index (κ2) is 12.5. The van der Waals surface area contributed by atoms with Gasteiger partial charge in [-0.05, 0) is 62.2 Å². The zero-order valence-corrected chi connectivity index (χ0v) is 24.9. The van der Waals surface area contributed by atoms with E-state index in [9.17, 15) is 9.18 Å². The van der Waals surface area contributed by atoms with Gasteiger partial charge >= 0.3 is 5.97 Å². The molecule has 0 spiro atoms. The summed E-state index contributed by atoms with van der Waals surface area (Å²) in [6.07, 6.45) is -0.302. The van der Waals surface area contributed by atoms with E-state index >= 15 is 0 Å². The molecule has 1 unspecified atom stereocenters.